The molecule has 0 aromatic carbocycles. The maximum atomic E-state index is 8.93. The molecule has 1 nitrogen and oxygen atoms in total. The van der Waals surface area contributed by atoms with Crippen molar-refractivity contribution in [2.45, 2.75) is 6.92 Å². The van der Waals surface area contributed by atoms with E-state index >= 15 is 0 Å². The Bertz CT molecular complexity index is 6.00. The SMILES string of the molecule is CC[O-].[IH2+]. The summed E-state index contributed by atoms with van der Waals surface area (Å²) in [7, 11) is 0. The Kier molecular flexibility index (Phi) is 20.6. The third-order valence-corrected chi connectivity index (χ3v) is 0. The highest BCUT2D eigenvalue weighted by molar-refractivity contribution is 3.79. The van der Waals surface area contributed by atoms with Gasteiger partial charge in [0, 0.05) is 0 Å². The maximum absolute atomic E-state index is 8.93. The summed E-state index contributed by atoms with van der Waals surface area (Å²) in [6.45, 7) is 1.57. The smallest absolute Gasteiger partial charge is 0.235 e. The molecule has 0 aliphatic rings. The van der Waals surface area contributed by atoms with Crippen LogP contribution in [0.2, 0.25) is 0 Å². The zero-order valence-electron chi connectivity index (χ0n) is 2.56. The summed E-state index contributed by atoms with van der Waals surface area (Å²) < 4.78 is 0. The second-order valence-electron chi connectivity index (χ2n) is 0.289. The van der Waals surface area contributed by atoms with Crippen LogP contribution in [0.3, 0.4) is 0 Å². The fraction of sp³-hybridized carbons (Fsp3) is 1.00. The first-order valence-corrected chi connectivity index (χ1v) is 0.996. The van der Waals surface area contributed by atoms with Gasteiger partial charge in [-0.15, -0.1) is 6.61 Å². The summed E-state index contributed by atoms with van der Waals surface area (Å²) in [4.78, 5) is 0. The van der Waals surface area contributed by atoms with E-state index in [2.05, 4.69) is 0 Å². The normalized spacial score (nSPS) is 4.50. The summed E-state index contributed by atoms with van der Waals surface area (Å²) in [5, 5.41) is 8.93. The summed E-state index contributed by atoms with van der Waals surface area (Å²) in [6.07, 6.45) is 0. The molecule has 0 saturated heterocycles. The molecular formula is C2H7IO. The van der Waals surface area contributed by atoms with Gasteiger partial charge in [-0.25, -0.2) is 0 Å². The largest absolute Gasteiger partial charge is 0.855 e. The molecule has 0 N–H and O–H groups in total. The minimum Gasteiger partial charge on any atom is -0.855 e. The van der Waals surface area contributed by atoms with Crippen molar-refractivity contribution in [1.82, 2.24) is 0 Å². The molecule has 0 amide bonds. The fourth-order valence-electron chi connectivity index (χ4n) is 0. The van der Waals surface area contributed by atoms with E-state index in [0.29, 0.717) is 0 Å². The van der Waals surface area contributed by atoms with Crippen molar-refractivity contribution in [2.75, 3.05) is 6.61 Å². The van der Waals surface area contributed by atoms with Crippen molar-refractivity contribution in [2.24, 2.45) is 0 Å². The van der Waals surface area contributed by atoms with Crippen LogP contribution < -0.4 is 29.1 Å². The molecule has 0 aromatic rings. The Morgan fingerprint density at radius 1 is 1.75 bits per heavy atom. The Morgan fingerprint density at radius 2 is 1.75 bits per heavy atom. The van der Waals surface area contributed by atoms with Crippen LogP contribution >= 0.6 is 0 Å². The predicted octanol–water partition coefficient (Wildman–Crippen LogP) is -4.16. The minimum absolute atomic E-state index is 0. The second kappa shape index (κ2) is 9.35. The van der Waals surface area contributed by atoms with Crippen molar-refractivity contribution in [3.8, 4) is 0 Å². The molecule has 4 heavy (non-hydrogen) atoms. The monoisotopic (exact) mass is 174 g/mol. The van der Waals surface area contributed by atoms with Crippen LogP contribution in [-0.2, 0) is 0 Å². The summed E-state index contributed by atoms with van der Waals surface area (Å²) >= 11 is 0. The summed E-state index contributed by atoms with van der Waals surface area (Å²) in [5.41, 5.74) is 0. The zero-order valence-corrected chi connectivity index (χ0v) is 5.12. The first-order chi connectivity index (χ1) is 1.41. The Hall–Kier alpha value is 0.690. The van der Waals surface area contributed by atoms with Crippen LogP contribution in [0.15, 0.2) is 0 Å². The van der Waals surface area contributed by atoms with Gasteiger partial charge < -0.3 is 5.11 Å². The molecule has 2 heteroatoms. The molecule has 28 valence electrons. The molecule has 0 heterocycles. The Morgan fingerprint density at radius 3 is 1.75 bits per heavy atom. The molecule has 0 aromatic heterocycles. The predicted molar refractivity (Wildman–Crippen MR) is 13.3 cm³/mol. The van der Waals surface area contributed by atoms with Crippen molar-refractivity contribution in [3.63, 3.8) is 0 Å². The molecule has 0 aliphatic carbocycles. The first-order valence-electron chi connectivity index (χ1n) is 0.996. The lowest BCUT2D eigenvalue weighted by Gasteiger charge is -1.79. The van der Waals surface area contributed by atoms with Crippen LogP contribution in [0.25, 0.3) is 0 Å². The number of halogens is 1. The molecule has 0 spiro atoms. The van der Waals surface area contributed by atoms with Crippen LogP contribution in [0.1, 0.15) is 6.92 Å². The quantitative estimate of drug-likeness (QED) is 0.342. The van der Waals surface area contributed by atoms with Gasteiger partial charge >= 0.3 is 0 Å². The zero-order chi connectivity index (χ0) is 2.71. The first kappa shape index (κ1) is 8.83. The molecule has 0 fully saturated rings. The van der Waals surface area contributed by atoms with Gasteiger partial charge in [0.1, 0.15) is 0 Å². The molecule has 0 radical (unpaired) electrons. The molecule has 0 atom stereocenters. The fourth-order valence-corrected chi connectivity index (χ4v) is 0. The van der Waals surface area contributed by atoms with Gasteiger partial charge in [0.25, 0.3) is 0 Å². The van der Waals surface area contributed by atoms with Crippen molar-refractivity contribution in [3.05, 3.63) is 0 Å². The minimum atomic E-state index is 0. The van der Waals surface area contributed by atoms with Crippen LogP contribution in [0.4, 0.5) is 0 Å². The van der Waals surface area contributed by atoms with Gasteiger partial charge in [0.2, 0.25) is 24.0 Å². The summed E-state index contributed by atoms with van der Waals surface area (Å²) in [5.74, 6) is 0. The lowest BCUT2D eigenvalue weighted by Crippen LogP contribution is -3.00. The van der Waals surface area contributed by atoms with Gasteiger partial charge in [-0.1, -0.05) is 6.92 Å². The van der Waals surface area contributed by atoms with Crippen LogP contribution in [-0.4, -0.2) is 6.61 Å². The average molecular weight is 174 g/mol. The molecule has 0 rings (SSSR count). The number of hydrogen-bond acceptors (Lipinski definition) is 1. The Labute approximate surface area is 43.0 Å². The van der Waals surface area contributed by atoms with Crippen LogP contribution in [0.5, 0.6) is 0 Å². The lowest BCUT2D eigenvalue weighted by atomic mass is 10.9. The van der Waals surface area contributed by atoms with Gasteiger partial charge in [-0.05, 0) is 0 Å². The summed E-state index contributed by atoms with van der Waals surface area (Å²) in [6, 6.07) is 0. The van der Waals surface area contributed by atoms with E-state index in [-0.39, 0.29) is 30.6 Å². The van der Waals surface area contributed by atoms with E-state index in [1.165, 1.54) is 0 Å². The third kappa shape index (κ3) is 16.1. The number of hydrogen-bond donors (Lipinski definition) is 0. The average Bonchev–Trinajstić information content (AvgIpc) is 0.918. The van der Waals surface area contributed by atoms with Crippen molar-refractivity contribution in [1.29, 1.82) is 0 Å². The maximum Gasteiger partial charge on any atom is 0.235 e. The Balaban J connectivity index is 0. The van der Waals surface area contributed by atoms with E-state index in [1.807, 2.05) is 0 Å². The third-order valence-electron chi connectivity index (χ3n) is 0. The van der Waals surface area contributed by atoms with Crippen LogP contribution in [0, 0.1) is 0 Å². The van der Waals surface area contributed by atoms with E-state index in [9.17, 15) is 0 Å². The van der Waals surface area contributed by atoms with E-state index in [4.69, 9.17) is 5.11 Å². The lowest BCUT2D eigenvalue weighted by molar-refractivity contribution is -0.361. The topological polar surface area (TPSA) is 23.1 Å². The number of rotatable bonds is 0. The van der Waals surface area contributed by atoms with E-state index in [0.717, 1.165) is 0 Å². The van der Waals surface area contributed by atoms with E-state index in [1.54, 1.807) is 6.92 Å². The molecule has 0 bridgehead atoms. The second-order valence-corrected chi connectivity index (χ2v) is 0.289. The van der Waals surface area contributed by atoms with Gasteiger partial charge in [0.05, 0.1) is 0 Å². The molecule has 0 saturated carbocycles. The highest BCUT2D eigenvalue weighted by atomic mass is 127. The van der Waals surface area contributed by atoms with Gasteiger partial charge in [-0.2, -0.15) is 0 Å². The molecule has 0 aliphatic heterocycles. The van der Waals surface area contributed by atoms with E-state index < -0.39 is 0 Å². The molecular weight excluding hydrogens is 167 g/mol. The van der Waals surface area contributed by atoms with Crippen molar-refractivity contribution >= 4 is 0 Å². The van der Waals surface area contributed by atoms with Gasteiger partial charge in [-0.3, -0.25) is 0 Å². The standard InChI is InChI=1S/C2H5O.H2I/c1-2-3;/h2H2,1H3;1H2/q-1;+1. The highest BCUT2D eigenvalue weighted by Crippen LogP contribution is 1.18. The van der Waals surface area contributed by atoms with Gasteiger partial charge in [0.15, 0.2) is 0 Å². The highest BCUT2D eigenvalue weighted by Gasteiger charge is 1.16. The molecule has 0 unspecified atom stereocenters. The van der Waals surface area contributed by atoms with Crippen molar-refractivity contribution < 1.29 is 29.1 Å².